The molecule has 1 aliphatic heterocycles. The number of nitrogens with zero attached hydrogens (tertiary/aromatic N) is 1. The molecule has 2 atom stereocenters. The minimum Gasteiger partial charge on any atom is -0.491 e. The van der Waals surface area contributed by atoms with Gasteiger partial charge in [-0.25, -0.2) is 0 Å². The maximum atomic E-state index is 10.3. The quantitative estimate of drug-likeness (QED) is 0.288. The van der Waals surface area contributed by atoms with Crippen molar-refractivity contribution in [1.82, 2.24) is 16.0 Å². The molecule has 34 heavy (non-hydrogen) atoms. The maximum absolute atomic E-state index is 10.3. The van der Waals surface area contributed by atoms with Crippen molar-refractivity contribution in [1.29, 1.82) is 0 Å². The van der Waals surface area contributed by atoms with E-state index in [4.69, 9.17) is 21.1 Å². The molecule has 0 bridgehead atoms. The van der Waals surface area contributed by atoms with Gasteiger partial charge in [-0.3, -0.25) is 5.01 Å². The van der Waals surface area contributed by atoms with Crippen LogP contribution in [-0.4, -0.2) is 64.8 Å². The van der Waals surface area contributed by atoms with Crippen LogP contribution in [0.2, 0.25) is 0 Å². The fourth-order valence-electron chi connectivity index (χ4n) is 3.60. The standard InChI is InChI=1S/C25H34ClN3O5/c1-17-24(14-30)27-28-29(17)13-21(32)16-34-23-10-6-19(7-11-23)25(2,3)18-4-8-22(9-5-18)33-15-20(31)12-26/h4-11,20-21,27-28,30-32H,12-16H2,1-3H3. The normalized spacial score (nSPS) is 15.8. The lowest BCUT2D eigenvalue weighted by atomic mass is 9.78. The molecule has 0 aliphatic carbocycles. The predicted octanol–water partition coefficient (Wildman–Crippen LogP) is 2.28. The first kappa shape index (κ1) is 26.1. The Morgan fingerprint density at radius 2 is 1.41 bits per heavy atom. The van der Waals surface area contributed by atoms with Gasteiger partial charge in [0.25, 0.3) is 0 Å². The number of hydrogen-bond acceptors (Lipinski definition) is 8. The van der Waals surface area contributed by atoms with Gasteiger partial charge in [-0.1, -0.05) is 38.1 Å². The molecule has 1 aliphatic rings. The molecule has 0 saturated carbocycles. The summed E-state index contributed by atoms with van der Waals surface area (Å²) in [5.74, 6) is 1.50. The van der Waals surface area contributed by atoms with Crippen molar-refractivity contribution >= 4 is 11.6 Å². The second-order valence-electron chi connectivity index (χ2n) is 8.83. The molecule has 2 aromatic rings. The molecule has 0 amide bonds. The van der Waals surface area contributed by atoms with Gasteiger partial charge in [0.15, 0.2) is 0 Å². The number of benzene rings is 2. The molecule has 0 aromatic heterocycles. The summed E-state index contributed by atoms with van der Waals surface area (Å²) in [5, 5.41) is 30.9. The van der Waals surface area contributed by atoms with E-state index in [2.05, 4.69) is 24.8 Å². The number of alkyl halides is 1. The summed E-state index contributed by atoms with van der Waals surface area (Å²) >= 11 is 5.60. The summed E-state index contributed by atoms with van der Waals surface area (Å²) in [6.07, 6.45) is -1.40. The SMILES string of the molecule is CC1=C(CO)NNN1CC(O)COc1ccc(C(C)(C)c2ccc(OCC(O)CCl)cc2)cc1. The number of allylic oxidation sites excluding steroid dienone is 1. The Morgan fingerprint density at radius 3 is 1.85 bits per heavy atom. The molecule has 9 heteroatoms. The van der Waals surface area contributed by atoms with E-state index in [1.165, 1.54) is 0 Å². The summed E-state index contributed by atoms with van der Waals surface area (Å²) in [4.78, 5) is 0. The average Bonchev–Trinajstić information content (AvgIpc) is 3.20. The van der Waals surface area contributed by atoms with E-state index in [1.807, 2.05) is 55.5 Å². The van der Waals surface area contributed by atoms with Crippen LogP contribution < -0.4 is 20.4 Å². The molecule has 0 radical (unpaired) electrons. The molecule has 0 fully saturated rings. The van der Waals surface area contributed by atoms with Crippen LogP contribution in [0.25, 0.3) is 0 Å². The number of aliphatic hydroxyl groups is 3. The molecule has 5 N–H and O–H groups in total. The smallest absolute Gasteiger partial charge is 0.119 e. The molecule has 186 valence electrons. The summed E-state index contributed by atoms with van der Waals surface area (Å²) < 4.78 is 11.3. The first-order chi connectivity index (χ1) is 16.2. The Hall–Kier alpha value is -2.49. The zero-order valence-corrected chi connectivity index (χ0v) is 20.5. The summed E-state index contributed by atoms with van der Waals surface area (Å²) in [5.41, 5.74) is 9.29. The van der Waals surface area contributed by atoms with Crippen LogP contribution in [-0.2, 0) is 5.41 Å². The Balaban J connectivity index is 1.54. The monoisotopic (exact) mass is 491 g/mol. The van der Waals surface area contributed by atoms with E-state index in [1.54, 1.807) is 5.01 Å². The molecule has 1 heterocycles. The number of halogens is 1. The zero-order chi connectivity index (χ0) is 24.7. The fraction of sp³-hybridized carbons (Fsp3) is 0.440. The largest absolute Gasteiger partial charge is 0.491 e. The lowest BCUT2D eigenvalue weighted by Gasteiger charge is -2.27. The highest BCUT2D eigenvalue weighted by Crippen LogP contribution is 2.33. The van der Waals surface area contributed by atoms with Crippen molar-refractivity contribution in [2.45, 2.75) is 38.4 Å². The molecule has 2 unspecified atom stereocenters. The van der Waals surface area contributed by atoms with Crippen molar-refractivity contribution in [3.05, 3.63) is 71.1 Å². The van der Waals surface area contributed by atoms with Crippen molar-refractivity contribution in [3.8, 4) is 11.5 Å². The Kier molecular flexibility index (Phi) is 9.04. The van der Waals surface area contributed by atoms with E-state index in [0.717, 1.165) is 16.8 Å². The van der Waals surface area contributed by atoms with Gasteiger partial charge in [0, 0.05) is 5.41 Å². The average molecular weight is 492 g/mol. The summed E-state index contributed by atoms with van der Waals surface area (Å²) in [7, 11) is 0. The fourth-order valence-corrected chi connectivity index (χ4v) is 3.69. The second kappa shape index (κ2) is 11.8. The van der Waals surface area contributed by atoms with Crippen molar-refractivity contribution in [2.24, 2.45) is 0 Å². The van der Waals surface area contributed by atoms with Gasteiger partial charge in [-0.2, -0.15) is 0 Å². The lowest BCUT2D eigenvalue weighted by Crippen LogP contribution is -2.43. The highest BCUT2D eigenvalue weighted by molar-refractivity contribution is 6.18. The maximum Gasteiger partial charge on any atom is 0.119 e. The number of ether oxygens (including phenoxy) is 2. The van der Waals surface area contributed by atoms with Gasteiger partial charge in [0.1, 0.15) is 36.9 Å². The van der Waals surface area contributed by atoms with Crippen LogP contribution in [0.15, 0.2) is 59.9 Å². The highest BCUT2D eigenvalue weighted by atomic mass is 35.5. The van der Waals surface area contributed by atoms with Gasteiger partial charge in [-0.05, 0) is 42.3 Å². The van der Waals surface area contributed by atoms with Gasteiger partial charge < -0.3 is 30.2 Å². The third-order valence-corrected chi connectivity index (χ3v) is 6.31. The molecule has 0 spiro atoms. The number of aliphatic hydroxyl groups excluding tert-OH is 3. The number of hydrogen-bond donors (Lipinski definition) is 5. The lowest BCUT2D eigenvalue weighted by molar-refractivity contribution is 0.0645. The van der Waals surface area contributed by atoms with Crippen LogP contribution >= 0.6 is 11.6 Å². The van der Waals surface area contributed by atoms with Crippen LogP contribution in [0.3, 0.4) is 0 Å². The number of β-amino-alcohol motifs (C(OH)–C–C–N with tert-alkyl or cyclic N) is 1. The molecular weight excluding hydrogens is 458 g/mol. The van der Waals surface area contributed by atoms with E-state index in [-0.39, 0.29) is 31.1 Å². The third kappa shape index (κ3) is 6.55. The molecule has 3 rings (SSSR count). The summed E-state index contributed by atoms with van der Waals surface area (Å²) in [6.45, 7) is 6.68. The first-order valence-corrected chi connectivity index (χ1v) is 11.8. The summed E-state index contributed by atoms with van der Waals surface area (Å²) in [6, 6.07) is 15.7. The van der Waals surface area contributed by atoms with E-state index >= 15 is 0 Å². The van der Waals surface area contributed by atoms with Crippen LogP contribution in [0.5, 0.6) is 11.5 Å². The Bertz CT molecular complexity index is 950. The predicted molar refractivity (Wildman–Crippen MR) is 131 cm³/mol. The molecule has 8 nitrogen and oxygen atoms in total. The minimum absolute atomic E-state index is 0.0960. The van der Waals surface area contributed by atoms with Gasteiger partial charge >= 0.3 is 0 Å². The minimum atomic E-state index is -0.718. The van der Waals surface area contributed by atoms with Gasteiger partial charge in [0.2, 0.25) is 0 Å². The number of nitrogens with one attached hydrogen (secondary N) is 2. The van der Waals surface area contributed by atoms with E-state index in [0.29, 0.717) is 23.7 Å². The Labute approximate surface area is 205 Å². The highest BCUT2D eigenvalue weighted by Gasteiger charge is 2.24. The van der Waals surface area contributed by atoms with E-state index in [9.17, 15) is 15.3 Å². The van der Waals surface area contributed by atoms with Crippen molar-refractivity contribution in [2.75, 3.05) is 32.2 Å². The van der Waals surface area contributed by atoms with Crippen LogP contribution in [0.1, 0.15) is 31.9 Å². The number of rotatable bonds is 12. The second-order valence-corrected chi connectivity index (χ2v) is 9.14. The van der Waals surface area contributed by atoms with Gasteiger partial charge in [0.05, 0.1) is 30.4 Å². The molecule has 2 aromatic carbocycles. The van der Waals surface area contributed by atoms with Crippen LogP contribution in [0, 0.1) is 0 Å². The third-order valence-electron chi connectivity index (χ3n) is 5.95. The topological polar surface area (TPSA) is 106 Å². The van der Waals surface area contributed by atoms with Crippen LogP contribution in [0.4, 0.5) is 0 Å². The Morgan fingerprint density at radius 1 is 0.912 bits per heavy atom. The van der Waals surface area contributed by atoms with E-state index < -0.39 is 12.2 Å². The molecule has 0 saturated heterocycles. The molecular formula is C25H34ClN3O5. The van der Waals surface area contributed by atoms with Gasteiger partial charge in [-0.15, -0.1) is 17.1 Å². The number of hydrazine groups is 2. The first-order valence-electron chi connectivity index (χ1n) is 11.2. The van der Waals surface area contributed by atoms with Crippen molar-refractivity contribution < 1.29 is 24.8 Å². The van der Waals surface area contributed by atoms with Crippen molar-refractivity contribution in [3.63, 3.8) is 0 Å². The zero-order valence-electron chi connectivity index (χ0n) is 19.8.